The van der Waals surface area contributed by atoms with E-state index in [9.17, 15) is 10.0 Å². The molecule has 0 aliphatic rings. The lowest BCUT2D eigenvalue weighted by atomic mass is 9.79. The first-order valence-corrected chi connectivity index (χ1v) is 14.0. The predicted molar refractivity (Wildman–Crippen MR) is 172 cm³/mol. The molecule has 7 nitrogen and oxygen atoms in total. The minimum atomic E-state index is -1.52. The number of fused-ring (bicyclic) bond motifs is 6. The van der Waals surface area contributed by atoms with Crippen LogP contribution in [0.4, 0.5) is 0 Å². The molecule has 2 N–H and O–H groups in total. The number of hydrogen-bond donors (Lipinski definition) is 2. The van der Waals surface area contributed by atoms with E-state index in [2.05, 4.69) is 72.0 Å². The van der Waals surface area contributed by atoms with Crippen LogP contribution in [0.15, 0.2) is 87.7 Å². The average molecular weight is 568 g/mol. The molecule has 0 atom stereocenters. The number of rotatable bonds is 6. The van der Waals surface area contributed by atoms with Crippen LogP contribution in [0, 0.1) is 0 Å². The van der Waals surface area contributed by atoms with Gasteiger partial charge in [-0.1, -0.05) is 100 Å². The van der Waals surface area contributed by atoms with Crippen molar-refractivity contribution in [2.24, 2.45) is 0 Å². The zero-order valence-electron chi connectivity index (χ0n) is 25.3. The molecular formula is C33H38B2O7. The monoisotopic (exact) mass is 568 g/mol. The molecule has 0 radical (unpaired) electrons. The molecule has 42 heavy (non-hydrogen) atoms. The highest BCUT2D eigenvalue weighted by Crippen LogP contribution is 2.34. The molecule has 9 heteroatoms. The number of hydrogen-bond acceptors (Lipinski definition) is 7. The lowest BCUT2D eigenvalue weighted by Crippen LogP contribution is -2.29. The Labute approximate surface area is 247 Å². The molecule has 0 bridgehead atoms. The molecule has 218 valence electrons. The average Bonchev–Trinajstić information content (AvgIpc) is 3.57. The van der Waals surface area contributed by atoms with Crippen molar-refractivity contribution < 1.29 is 32.8 Å². The minimum absolute atomic E-state index is 0.353. The third kappa shape index (κ3) is 6.56. The molecule has 2 heterocycles. The van der Waals surface area contributed by atoms with Crippen molar-refractivity contribution in [1.29, 1.82) is 0 Å². The molecule has 0 aliphatic heterocycles. The maximum absolute atomic E-state index is 9.42. The third-order valence-electron chi connectivity index (χ3n) is 7.12. The summed E-state index contributed by atoms with van der Waals surface area (Å²) in [6, 6.07) is 26.1. The lowest BCUT2D eigenvalue weighted by molar-refractivity contribution is 0.163. The molecule has 6 rings (SSSR count). The zero-order chi connectivity index (χ0) is 30.4. The molecule has 6 aromatic rings. The van der Waals surface area contributed by atoms with Gasteiger partial charge in [0, 0.05) is 48.3 Å². The normalized spacial score (nSPS) is 11.2. The van der Waals surface area contributed by atoms with Crippen LogP contribution < -0.4 is 5.46 Å². The van der Waals surface area contributed by atoms with Crippen molar-refractivity contribution in [3.63, 3.8) is 0 Å². The first-order valence-electron chi connectivity index (χ1n) is 14.0. The molecule has 4 aromatic carbocycles. The van der Waals surface area contributed by atoms with E-state index in [1.807, 2.05) is 42.5 Å². The summed E-state index contributed by atoms with van der Waals surface area (Å²) in [4.78, 5) is 0. The Kier molecular flexibility index (Phi) is 10.5. The Morgan fingerprint density at radius 2 is 1.00 bits per heavy atom. The summed E-state index contributed by atoms with van der Waals surface area (Å²) >= 11 is 0. The van der Waals surface area contributed by atoms with Gasteiger partial charge in [-0.2, -0.15) is 0 Å². The topological polar surface area (TPSA) is 94.4 Å². The van der Waals surface area contributed by atoms with Crippen molar-refractivity contribution in [2.45, 2.75) is 39.5 Å². The van der Waals surface area contributed by atoms with Crippen LogP contribution in [0.25, 0.3) is 43.9 Å². The highest BCUT2D eigenvalue weighted by molar-refractivity contribution is 6.61. The van der Waals surface area contributed by atoms with E-state index in [0.29, 0.717) is 22.9 Å². The van der Waals surface area contributed by atoms with Crippen LogP contribution in [0.1, 0.15) is 50.7 Å². The van der Waals surface area contributed by atoms with E-state index in [1.165, 1.54) is 37.7 Å². The maximum Gasteiger partial charge on any atom is 0.638 e. The smallest absolute Gasteiger partial charge is 0.456 e. The quantitative estimate of drug-likeness (QED) is 0.209. The third-order valence-corrected chi connectivity index (χ3v) is 7.12. The van der Waals surface area contributed by atoms with Crippen molar-refractivity contribution in [3.05, 3.63) is 90.0 Å². The van der Waals surface area contributed by atoms with Crippen molar-refractivity contribution in [3.8, 4) is 0 Å². The summed E-state index contributed by atoms with van der Waals surface area (Å²) in [5.41, 5.74) is 6.23. The molecule has 0 amide bonds. The van der Waals surface area contributed by atoms with Gasteiger partial charge in [0.05, 0.1) is 0 Å². The van der Waals surface area contributed by atoms with Gasteiger partial charge >= 0.3 is 14.4 Å². The summed E-state index contributed by atoms with van der Waals surface area (Å²) < 4.78 is 25.7. The molecule has 0 saturated heterocycles. The number of benzene rings is 4. The number of para-hydroxylation sites is 4. The van der Waals surface area contributed by atoms with E-state index in [-0.39, 0.29) is 0 Å². The number of furan rings is 2. The fourth-order valence-electron chi connectivity index (χ4n) is 5.03. The highest BCUT2D eigenvalue weighted by Gasteiger charge is 2.20. The van der Waals surface area contributed by atoms with Crippen molar-refractivity contribution in [2.75, 3.05) is 21.3 Å². The van der Waals surface area contributed by atoms with Gasteiger partial charge in [0.15, 0.2) is 0 Å². The molecule has 0 aliphatic carbocycles. The molecule has 0 spiro atoms. The zero-order valence-corrected chi connectivity index (χ0v) is 25.3. The Morgan fingerprint density at radius 1 is 0.548 bits per heavy atom. The Bertz CT molecular complexity index is 1680. The predicted octanol–water partition coefficient (Wildman–Crippen LogP) is 7.01. The largest absolute Gasteiger partial charge is 0.638 e. The van der Waals surface area contributed by atoms with Crippen molar-refractivity contribution >= 4 is 63.8 Å². The summed E-state index contributed by atoms with van der Waals surface area (Å²) in [6.45, 7) is 8.62. The minimum Gasteiger partial charge on any atom is -0.456 e. The van der Waals surface area contributed by atoms with E-state index in [1.54, 1.807) is 6.07 Å². The second-order valence-electron chi connectivity index (χ2n) is 10.6. The van der Waals surface area contributed by atoms with E-state index in [4.69, 9.17) is 8.83 Å². The fourth-order valence-corrected chi connectivity index (χ4v) is 5.03. The first-order chi connectivity index (χ1) is 20.2. The Morgan fingerprint density at radius 3 is 1.50 bits per heavy atom. The van der Waals surface area contributed by atoms with Gasteiger partial charge in [0.1, 0.15) is 22.3 Å². The summed E-state index contributed by atoms with van der Waals surface area (Å²) in [5, 5.41) is 23.2. The lowest BCUT2D eigenvalue weighted by Gasteiger charge is -2.04. The van der Waals surface area contributed by atoms with E-state index >= 15 is 0 Å². The van der Waals surface area contributed by atoms with Crippen LogP contribution in [-0.4, -0.2) is 45.8 Å². The van der Waals surface area contributed by atoms with Gasteiger partial charge < -0.3 is 32.8 Å². The highest BCUT2D eigenvalue weighted by atomic mass is 16.7. The second kappa shape index (κ2) is 14.1. The standard InChI is InChI=1S/C15H15BO3.C15H14O.C3H9BO3/c1-9(2)10-5-3-6-11-12-7-4-8-13(16(17)18)15(12)19-14(10)11;1-10(2)11-7-5-8-13-12-6-3-4-9-14(12)16-15(11)13;1-5-4(6-2)7-3/h3-9,17-18H,1-2H3;3-10H,1-2H3;1-3H3. The van der Waals surface area contributed by atoms with Crippen LogP contribution in [0.3, 0.4) is 0 Å². The van der Waals surface area contributed by atoms with Gasteiger partial charge in [-0.3, -0.25) is 0 Å². The molecular weight excluding hydrogens is 530 g/mol. The molecule has 0 saturated carbocycles. The Balaban J connectivity index is 0.000000160. The van der Waals surface area contributed by atoms with Crippen LogP contribution >= 0.6 is 0 Å². The molecule has 0 unspecified atom stereocenters. The maximum atomic E-state index is 9.42. The fraction of sp³-hybridized carbons (Fsp3) is 0.273. The van der Waals surface area contributed by atoms with Gasteiger partial charge in [-0.05, 0) is 29.0 Å². The first kappa shape index (κ1) is 31.3. The van der Waals surface area contributed by atoms with E-state index < -0.39 is 14.4 Å². The van der Waals surface area contributed by atoms with Gasteiger partial charge in [-0.15, -0.1) is 0 Å². The van der Waals surface area contributed by atoms with Gasteiger partial charge in [0.25, 0.3) is 0 Å². The Hall–Kier alpha value is -3.59. The summed E-state index contributed by atoms with van der Waals surface area (Å²) in [5.74, 6) is 0.844. The summed E-state index contributed by atoms with van der Waals surface area (Å²) in [6.07, 6.45) is 0. The van der Waals surface area contributed by atoms with Crippen LogP contribution in [0.2, 0.25) is 0 Å². The molecule has 2 aromatic heterocycles. The van der Waals surface area contributed by atoms with Crippen LogP contribution in [-0.2, 0) is 14.0 Å². The summed E-state index contributed by atoms with van der Waals surface area (Å²) in [7, 11) is 2.50. The van der Waals surface area contributed by atoms with Crippen molar-refractivity contribution in [1.82, 2.24) is 0 Å². The van der Waals surface area contributed by atoms with E-state index in [0.717, 1.165) is 33.1 Å². The van der Waals surface area contributed by atoms with Crippen LogP contribution in [0.5, 0.6) is 0 Å². The van der Waals surface area contributed by atoms with Gasteiger partial charge in [0.2, 0.25) is 0 Å². The van der Waals surface area contributed by atoms with Gasteiger partial charge in [-0.25, -0.2) is 0 Å². The second-order valence-corrected chi connectivity index (χ2v) is 10.6. The SMILES string of the molecule is CC(C)c1cccc2c1oc1c(B(O)O)cccc12.CC(C)c1cccc2c1oc1ccccc12.COB(OC)OC. The molecule has 0 fully saturated rings.